The zero-order valence-corrected chi connectivity index (χ0v) is 13.1. The second-order valence-corrected chi connectivity index (χ2v) is 6.34. The molecule has 0 aliphatic heterocycles. The number of aliphatic carboxylic acids is 1. The maximum Gasteiger partial charge on any atom is 0.303 e. The molecule has 0 bridgehead atoms. The highest BCUT2D eigenvalue weighted by Gasteiger charge is 2.45. The molecule has 6 nitrogen and oxygen atoms in total. The first-order valence-corrected chi connectivity index (χ1v) is 8.20. The second kappa shape index (κ2) is 7.94. The van der Waals surface area contributed by atoms with Gasteiger partial charge >= 0.3 is 5.97 Å². The van der Waals surface area contributed by atoms with Gasteiger partial charge in [-0.2, -0.15) is 0 Å². The third kappa shape index (κ3) is 4.21. The highest BCUT2D eigenvalue weighted by atomic mass is 16.6. The average Bonchev–Trinajstić information content (AvgIpc) is 2.71. The number of rotatable bonds is 10. The van der Waals surface area contributed by atoms with Gasteiger partial charge in [0.1, 0.15) is 0 Å². The van der Waals surface area contributed by atoms with Crippen LogP contribution in [-0.4, -0.2) is 40.1 Å². The van der Waals surface area contributed by atoms with Crippen molar-refractivity contribution in [2.45, 2.75) is 64.1 Å². The molecule has 0 heterocycles. The molecule has 22 heavy (non-hydrogen) atoms. The monoisotopic (exact) mass is 313 g/mol. The number of carboxylic acid groups (broad SMARTS) is 1. The minimum Gasteiger partial charge on any atom is -0.481 e. The van der Waals surface area contributed by atoms with E-state index in [9.17, 15) is 15.0 Å². The third-order valence-corrected chi connectivity index (χ3v) is 4.84. The predicted octanol–water partition coefficient (Wildman–Crippen LogP) is 1.58. The van der Waals surface area contributed by atoms with Crippen molar-refractivity contribution in [3.63, 3.8) is 0 Å². The van der Waals surface area contributed by atoms with Crippen LogP contribution in [0.4, 0.5) is 0 Å². The highest BCUT2D eigenvalue weighted by molar-refractivity contribution is 5.66. The lowest BCUT2D eigenvalue weighted by Gasteiger charge is -2.32. The van der Waals surface area contributed by atoms with E-state index in [4.69, 9.17) is 9.94 Å². The lowest BCUT2D eigenvalue weighted by molar-refractivity contribution is -0.137. The highest BCUT2D eigenvalue weighted by Crippen LogP contribution is 2.50. The van der Waals surface area contributed by atoms with Crippen LogP contribution in [0.15, 0.2) is 11.3 Å². The normalized spacial score (nSPS) is 28.2. The quantitative estimate of drug-likeness (QED) is 0.361. The Morgan fingerprint density at radius 3 is 2.91 bits per heavy atom. The van der Waals surface area contributed by atoms with Gasteiger partial charge < -0.3 is 15.3 Å². The van der Waals surface area contributed by atoms with Crippen molar-refractivity contribution in [2.24, 2.45) is 11.8 Å². The number of aliphatic hydroxyl groups is 2. The van der Waals surface area contributed by atoms with E-state index in [1.54, 1.807) is 0 Å². The fourth-order valence-corrected chi connectivity index (χ4v) is 3.42. The van der Waals surface area contributed by atoms with Gasteiger partial charge in [0.05, 0.1) is 18.8 Å². The molecule has 4 atom stereocenters. The van der Waals surface area contributed by atoms with Gasteiger partial charge in [0.15, 0.2) is 0 Å². The molecule has 1 saturated carbocycles. The lowest BCUT2D eigenvalue weighted by atomic mass is 9.77. The first-order chi connectivity index (χ1) is 10.5. The summed E-state index contributed by atoms with van der Waals surface area (Å²) in [6.07, 6.45) is 3.91. The standard InChI is InChI=1S/C16H27NO5/c1-2-10(18)5-6-11-12-8-14(13(12)9-15(11)19)17-22-7-3-4-16(20)21/h10-12,15,17-19H,2-9H2,1H3,(H,20,21). The molecule has 126 valence electrons. The van der Waals surface area contributed by atoms with Crippen molar-refractivity contribution in [3.8, 4) is 0 Å². The zero-order valence-electron chi connectivity index (χ0n) is 13.1. The molecule has 0 amide bonds. The van der Waals surface area contributed by atoms with Crippen LogP contribution in [0.1, 0.15) is 51.9 Å². The fourth-order valence-electron chi connectivity index (χ4n) is 3.42. The number of aliphatic hydroxyl groups excluding tert-OH is 2. The molecule has 2 aliphatic rings. The Hall–Kier alpha value is -1.11. The molecule has 2 rings (SSSR count). The van der Waals surface area contributed by atoms with E-state index in [2.05, 4.69) is 5.48 Å². The van der Waals surface area contributed by atoms with Crippen LogP contribution in [0, 0.1) is 11.8 Å². The molecule has 6 heteroatoms. The number of carboxylic acids is 1. The molecule has 0 spiro atoms. The van der Waals surface area contributed by atoms with E-state index >= 15 is 0 Å². The van der Waals surface area contributed by atoms with Crippen LogP contribution in [0.25, 0.3) is 0 Å². The van der Waals surface area contributed by atoms with Crippen LogP contribution >= 0.6 is 0 Å². The van der Waals surface area contributed by atoms with E-state index in [0.29, 0.717) is 25.4 Å². The zero-order chi connectivity index (χ0) is 16.1. The van der Waals surface area contributed by atoms with Gasteiger partial charge in [0.25, 0.3) is 0 Å². The summed E-state index contributed by atoms with van der Waals surface area (Å²) in [5.41, 5.74) is 5.19. The number of hydrogen-bond acceptors (Lipinski definition) is 5. The minimum atomic E-state index is -0.814. The molecule has 4 N–H and O–H groups in total. The van der Waals surface area contributed by atoms with Gasteiger partial charge in [0, 0.05) is 12.1 Å². The van der Waals surface area contributed by atoms with Crippen molar-refractivity contribution in [1.29, 1.82) is 0 Å². The van der Waals surface area contributed by atoms with Gasteiger partial charge in [-0.05, 0) is 55.9 Å². The number of fused-ring (bicyclic) bond motifs is 1. The third-order valence-electron chi connectivity index (χ3n) is 4.84. The number of carbonyl (C=O) groups is 1. The van der Waals surface area contributed by atoms with Crippen molar-refractivity contribution >= 4 is 5.97 Å². The molecule has 1 fully saturated rings. The molecular formula is C16H27NO5. The smallest absolute Gasteiger partial charge is 0.303 e. The van der Waals surface area contributed by atoms with Crippen molar-refractivity contribution in [2.75, 3.05) is 6.61 Å². The Morgan fingerprint density at radius 2 is 2.23 bits per heavy atom. The second-order valence-electron chi connectivity index (χ2n) is 6.34. The molecular weight excluding hydrogens is 286 g/mol. The molecule has 0 aromatic rings. The Morgan fingerprint density at radius 1 is 1.45 bits per heavy atom. The van der Waals surface area contributed by atoms with Crippen molar-refractivity contribution < 1.29 is 25.0 Å². The van der Waals surface area contributed by atoms with E-state index < -0.39 is 5.97 Å². The van der Waals surface area contributed by atoms with Crippen LogP contribution in [0.2, 0.25) is 0 Å². The van der Waals surface area contributed by atoms with Gasteiger partial charge in [0.2, 0.25) is 0 Å². The maximum atomic E-state index is 10.4. The summed E-state index contributed by atoms with van der Waals surface area (Å²) in [7, 11) is 0. The number of hydrogen-bond donors (Lipinski definition) is 4. The van der Waals surface area contributed by atoms with Crippen LogP contribution in [0.5, 0.6) is 0 Å². The molecule has 4 unspecified atom stereocenters. The number of nitrogens with one attached hydrogen (secondary N) is 1. The van der Waals surface area contributed by atoms with E-state index in [1.807, 2.05) is 6.92 Å². The summed E-state index contributed by atoms with van der Waals surface area (Å²) in [4.78, 5) is 15.7. The SMILES string of the molecule is CCC(O)CCC1C(O)CC2=C(NOCCCC(=O)O)CC21. The predicted molar refractivity (Wildman–Crippen MR) is 80.7 cm³/mol. The first-order valence-electron chi connectivity index (χ1n) is 8.20. The van der Waals surface area contributed by atoms with Crippen LogP contribution < -0.4 is 5.48 Å². The molecule has 0 radical (unpaired) electrons. The summed E-state index contributed by atoms with van der Waals surface area (Å²) in [5, 5.41) is 28.4. The Kier molecular flexibility index (Phi) is 6.23. The van der Waals surface area contributed by atoms with E-state index in [1.165, 1.54) is 5.57 Å². The topological polar surface area (TPSA) is 99.0 Å². The van der Waals surface area contributed by atoms with Crippen molar-refractivity contribution in [3.05, 3.63) is 11.3 Å². The molecule has 2 aliphatic carbocycles. The Labute approximate surface area is 131 Å². The summed E-state index contributed by atoms with van der Waals surface area (Å²) < 4.78 is 0. The maximum absolute atomic E-state index is 10.4. The summed E-state index contributed by atoms with van der Waals surface area (Å²) >= 11 is 0. The first kappa shape index (κ1) is 17.2. The Bertz CT molecular complexity index is 423. The summed E-state index contributed by atoms with van der Waals surface area (Å²) in [6.45, 7) is 2.33. The summed E-state index contributed by atoms with van der Waals surface area (Å²) in [5.74, 6) is -0.164. The largest absolute Gasteiger partial charge is 0.481 e. The van der Waals surface area contributed by atoms with E-state index in [-0.39, 0.29) is 24.5 Å². The van der Waals surface area contributed by atoms with Gasteiger partial charge in [-0.3, -0.25) is 15.1 Å². The molecule has 0 aromatic heterocycles. The molecule has 0 aromatic carbocycles. The van der Waals surface area contributed by atoms with E-state index in [0.717, 1.165) is 31.4 Å². The Balaban J connectivity index is 1.73. The van der Waals surface area contributed by atoms with Crippen LogP contribution in [0.3, 0.4) is 0 Å². The van der Waals surface area contributed by atoms with Crippen molar-refractivity contribution in [1.82, 2.24) is 5.48 Å². The number of allylic oxidation sites excluding steroid dienone is 1. The van der Waals surface area contributed by atoms with Crippen LogP contribution in [-0.2, 0) is 9.63 Å². The van der Waals surface area contributed by atoms with Gasteiger partial charge in [-0.15, -0.1) is 0 Å². The lowest BCUT2D eigenvalue weighted by Crippen LogP contribution is -2.30. The molecule has 0 saturated heterocycles. The average molecular weight is 313 g/mol. The van der Waals surface area contributed by atoms with Gasteiger partial charge in [-0.25, -0.2) is 0 Å². The number of hydroxylamine groups is 1. The summed E-state index contributed by atoms with van der Waals surface area (Å²) in [6, 6.07) is 0. The van der Waals surface area contributed by atoms with Gasteiger partial charge in [-0.1, -0.05) is 6.92 Å². The fraction of sp³-hybridized carbons (Fsp3) is 0.812. The minimum absolute atomic E-state index is 0.108.